The van der Waals surface area contributed by atoms with Crippen LogP contribution in [0.25, 0.3) is 0 Å². The summed E-state index contributed by atoms with van der Waals surface area (Å²) in [6.07, 6.45) is 0. The Bertz CT molecular complexity index is 243. The summed E-state index contributed by atoms with van der Waals surface area (Å²) in [5.74, 6) is 0.763. The summed E-state index contributed by atoms with van der Waals surface area (Å²) in [7, 11) is 1.59. The highest BCUT2D eigenvalue weighted by Gasteiger charge is 2.04. The predicted octanol–water partition coefficient (Wildman–Crippen LogP) is 3.19. The van der Waals surface area contributed by atoms with Crippen LogP contribution in [0.3, 0.4) is 0 Å². The van der Waals surface area contributed by atoms with Gasteiger partial charge >= 0.3 is 0 Å². The van der Waals surface area contributed by atoms with E-state index in [0.29, 0.717) is 0 Å². The van der Waals surface area contributed by atoms with Crippen LogP contribution >= 0.6 is 31.9 Å². The van der Waals surface area contributed by atoms with Gasteiger partial charge < -0.3 is 9.47 Å². The van der Waals surface area contributed by atoms with Crippen molar-refractivity contribution in [2.24, 2.45) is 0 Å². The third-order valence-corrected chi connectivity index (χ3v) is 2.49. The molecule has 0 aliphatic heterocycles. The van der Waals surface area contributed by atoms with Gasteiger partial charge in [-0.15, -0.1) is 0 Å². The smallest absolute Gasteiger partial charge is 0.188 e. The highest BCUT2D eigenvalue weighted by molar-refractivity contribution is 9.11. The normalized spacial score (nSPS) is 9.92. The van der Waals surface area contributed by atoms with E-state index < -0.39 is 0 Å². The lowest BCUT2D eigenvalue weighted by Crippen LogP contribution is -1.99. The highest BCUT2D eigenvalue weighted by Crippen LogP contribution is 2.32. The molecule has 0 saturated heterocycles. The van der Waals surface area contributed by atoms with Gasteiger partial charge in [0.15, 0.2) is 12.5 Å². The number of hydrogen-bond donors (Lipinski definition) is 0. The summed E-state index contributed by atoms with van der Waals surface area (Å²) in [6, 6.07) is 5.75. The van der Waals surface area contributed by atoms with Gasteiger partial charge in [-0.25, -0.2) is 0 Å². The second-order valence-corrected chi connectivity index (χ2v) is 3.81. The Hall–Kier alpha value is -0.0600. The summed E-state index contributed by atoms with van der Waals surface area (Å²) in [5, 5.41) is 0. The summed E-state index contributed by atoms with van der Waals surface area (Å²) < 4.78 is 11.9. The van der Waals surface area contributed by atoms with Crippen molar-refractivity contribution in [2.45, 2.75) is 0 Å². The van der Waals surface area contributed by atoms with Gasteiger partial charge in [-0.05, 0) is 44.0 Å². The van der Waals surface area contributed by atoms with Crippen LogP contribution < -0.4 is 4.74 Å². The van der Waals surface area contributed by atoms with Crippen LogP contribution in [0, 0.1) is 0 Å². The summed E-state index contributed by atoms with van der Waals surface area (Å²) >= 11 is 6.73. The van der Waals surface area contributed by atoms with Gasteiger partial charge in [0.1, 0.15) is 0 Å². The van der Waals surface area contributed by atoms with Crippen molar-refractivity contribution in [1.29, 1.82) is 0 Å². The van der Waals surface area contributed by atoms with E-state index in [1.165, 1.54) is 0 Å². The molecule has 0 unspecified atom stereocenters. The summed E-state index contributed by atoms with van der Waals surface area (Å²) in [5.41, 5.74) is 0. The fraction of sp³-hybridized carbons (Fsp3) is 0.250. The Kier molecular flexibility index (Phi) is 4.05. The maximum Gasteiger partial charge on any atom is 0.188 e. The van der Waals surface area contributed by atoms with Gasteiger partial charge in [0.2, 0.25) is 0 Å². The molecule has 0 fully saturated rings. The molecule has 0 N–H and O–H groups in total. The molecule has 0 amide bonds. The molecule has 12 heavy (non-hydrogen) atoms. The molecule has 1 rings (SSSR count). The van der Waals surface area contributed by atoms with E-state index in [1.807, 2.05) is 18.2 Å². The zero-order valence-electron chi connectivity index (χ0n) is 6.51. The van der Waals surface area contributed by atoms with E-state index in [-0.39, 0.29) is 6.79 Å². The van der Waals surface area contributed by atoms with Gasteiger partial charge in [-0.3, -0.25) is 0 Å². The Balaban J connectivity index is 2.81. The number of halogens is 2. The van der Waals surface area contributed by atoms with Crippen molar-refractivity contribution in [3.63, 3.8) is 0 Å². The largest absolute Gasteiger partial charge is 0.465 e. The number of hydrogen-bond acceptors (Lipinski definition) is 2. The first-order valence-electron chi connectivity index (χ1n) is 3.31. The quantitative estimate of drug-likeness (QED) is 0.797. The second-order valence-electron chi connectivity index (χ2n) is 2.10. The molecule has 0 aromatic heterocycles. The molecule has 0 heterocycles. The third-order valence-electron chi connectivity index (χ3n) is 1.24. The molecule has 1 aromatic rings. The molecule has 0 aliphatic rings. The van der Waals surface area contributed by atoms with Crippen molar-refractivity contribution in [2.75, 3.05) is 13.9 Å². The van der Waals surface area contributed by atoms with Crippen molar-refractivity contribution < 1.29 is 9.47 Å². The minimum atomic E-state index is 0.251. The monoisotopic (exact) mass is 294 g/mol. The number of ether oxygens (including phenoxy) is 2. The van der Waals surface area contributed by atoms with Crippen LogP contribution in [0.5, 0.6) is 5.75 Å². The minimum absolute atomic E-state index is 0.251. The van der Waals surface area contributed by atoms with Gasteiger partial charge in [0.25, 0.3) is 0 Å². The predicted molar refractivity (Wildman–Crippen MR) is 54.3 cm³/mol. The Morgan fingerprint density at radius 1 is 1.25 bits per heavy atom. The maximum atomic E-state index is 5.30. The Morgan fingerprint density at radius 2 is 1.83 bits per heavy atom. The molecular weight excluding hydrogens is 288 g/mol. The molecule has 2 nitrogen and oxygen atoms in total. The van der Waals surface area contributed by atoms with Crippen molar-refractivity contribution in [1.82, 2.24) is 0 Å². The topological polar surface area (TPSA) is 18.5 Å². The number of methoxy groups -OCH3 is 1. The van der Waals surface area contributed by atoms with Gasteiger partial charge in [0.05, 0.1) is 8.95 Å². The first-order valence-corrected chi connectivity index (χ1v) is 4.90. The number of rotatable bonds is 3. The minimum Gasteiger partial charge on any atom is -0.465 e. The standard InChI is InChI=1S/C8H8Br2O2/c1-11-5-12-8-6(9)3-2-4-7(8)10/h2-4H,5H2,1H3. The Labute approximate surface area is 88.1 Å². The SMILES string of the molecule is COCOc1c(Br)cccc1Br. The summed E-state index contributed by atoms with van der Waals surface area (Å²) in [6.45, 7) is 0.251. The van der Waals surface area contributed by atoms with Crippen LogP contribution in [0.15, 0.2) is 27.1 Å². The third kappa shape index (κ3) is 2.47. The van der Waals surface area contributed by atoms with E-state index in [9.17, 15) is 0 Å². The Morgan fingerprint density at radius 3 is 2.33 bits per heavy atom. The molecule has 0 radical (unpaired) electrons. The molecular formula is C8H8Br2O2. The van der Waals surface area contributed by atoms with E-state index in [2.05, 4.69) is 31.9 Å². The highest BCUT2D eigenvalue weighted by atomic mass is 79.9. The zero-order chi connectivity index (χ0) is 8.97. The molecule has 4 heteroatoms. The molecule has 0 spiro atoms. The average Bonchev–Trinajstić information content (AvgIpc) is 2.04. The molecule has 0 saturated carbocycles. The van der Waals surface area contributed by atoms with Crippen LogP contribution in [-0.2, 0) is 4.74 Å². The first kappa shape index (κ1) is 10.0. The van der Waals surface area contributed by atoms with E-state index in [1.54, 1.807) is 7.11 Å². The van der Waals surface area contributed by atoms with E-state index >= 15 is 0 Å². The van der Waals surface area contributed by atoms with Gasteiger partial charge in [-0.1, -0.05) is 6.07 Å². The van der Waals surface area contributed by atoms with E-state index in [0.717, 1.165) is 14.7 Å². The average molecular weight is 296 g/mol. The first-order chi connectivity index (χ1) is 5.75. The molecule has 66 valence electrons. The van der Waals surface area contributed by atoms with Crippen LogP contribution in [0.2, 0.25) is 0 Å². The second kappa shape index (κ2) is 4.84. The van der Waals surface area contributed by atoms with Crippen LogP contribution in [-0.4, -0.2) is 13.9 Å². The fourth-order valence-electron chi connectivity index (χ4n) is 0.738. The van der Waals surface area contributed by atoms with Gasteiger partial charge in [-0.2, -0.15) is 0 Å². The molecule has 0 atom stereocenters. The van der Waals surface area contributed by atoms with Crippen molar-refractivity contribution in [3.05, 3.63) is 27.1 Å². The van der Waals surface area contributed by atoms with Crippen LogP contribution in [0.1, 0.15) is 0 Å². The number of benzene rings is 1. The van der Waals surface area contributed by atoms with Crippen molar-refractivity contribution in [3.8, 4) is 5.75 Å². The zero-order valence-corrected chi connectivity index (χ0v) is 9.68. The maximum absolute atomic E-state index is 5.30. The fourth-order valence-corrected chi connectivity index (χ4v) is 1.97. The lowest BCUT2D eigenvalue weighted by molar-refractivity contribution is 0.0500. The van der Waals surface area contributed by atoms with Gasteiger partial charge in [0, 0.05) is 7.11 Å². The van der Waals surface area contributed by atoms with Crippen molar-refractivity contribution >= 4 is 31.9 Å². The van der Waals surface area contributed by atoms with E-state index in [4.69, 9.17) is 9.47 Å². The molecule has 1 aromatic carbocycles. The summed E-state index contributed by atoms with van der Waals surface area (Å²) in [4.78, 5) is 0. The lowest BCUT2D eigenvalue weighted by Gasteiger charge is -2.08. The number of para-hydroxylation sites is 1. The van der Waals surface area contributed by atoms with Crippen LogP contribution in [0.4, 0.5) is 0 Å². The molecule has 0 bridgehead atoms. The molecule has 0 aliphatic carbocycles. The lowest BCUT2D eigenvalue weighted by atomic mass is 10.3.